The maximum Gasteiger partial charge on any atom is 0.303 e. The third-order valence-corrected chi connectivity index (χ3v) is 4.59. The fourth-order valence-electron chi connectivity index (χ4n) is 2.88. The van der Waals surface area contributed by atoms with Gasteiger partial charge in [-0.1, -0.05) is 48.0 Å². The molecule has 1 aromatic carbocycles. The zero-order valence-electron chi connectivity index (χ0n) is 15.6. The van der Waals surface area contributed by atoms with Crippen LogP contribution in [-0.4, -0.2) is 34.7 Å². The highest BCUT2D eigenvalue weighted by Gasteiger charge is 2.24. The number of ether oxygens (including phenoxy) is 1. The van der Waals surface area contributed by atoms with E-state index in [-0.39, 0.29) is 24.7 Å². The van der Waals surface area contributed by atoms with Crippen LogP contribution in [0.4, 0.5) is 0 Å². The third-order valence-electron chi connectivity index (χ3n) is 4.36. The minimum atomic E-state index is -0.803. The van der Waals surface area contributed by atoms with Gasteiger partial charge < -0.3 is 14.9 Å². The quantitative estimate of drug-likeness (QED) is 0.423. The van der Waals surface area contributed by atoms with Gasteiger partial charge in [-0.3, -0.25) is 9.59 Å². The van der Waals surface area contributed by atoms with Crippen molar-refractivity contribution in [3.63, 3.8) is 0 Å². The molecule has 0 heterocycles. The molecule has 2 atom stereocenters. The van der Waals surface area contributed by atoms with E-state index in [0.29, 0.717) is 36.5 Å². The third kappa shape index (κ3) is 7.71. The Labute approximate surface area is 170 Å². The monoisotopic (exact) mass is 404 g/mol. The van der Waals surface area contributed by atoms with E-state index in [9.17, 15) is 14.7 Å². The molecular weight excluding hydrogens is 380 g/mol. The van der Waals surface area contributed by atoms with Crippen LogP contribution in [0.25, 0.3) is 0 Å². The van der Waals surface area contributed by atoms with Gasteiger partial charge in [0.25, 0.3) is 0 Å². The van der Waals surface area contributed by atoms with Crippen LogP contribution in [-0.2, 0) is 9.59 Å². The molecule has 0 aliphatic heterocycles. The van der Waals surface area contributed by atoms with Crippen molar-refractivity contribution in [1.29, 1.82) is 0 Å². The second-order valence-electron chi connectivity index (χ2n) is 6.62. The molecule has 0 radical (unpaired) electrons. The highest BCUT2D eigenvalue weighted by molar-refractivity contribution is 6.30. The fraction of sp³-hybridized carbons (Fsp3) is 0.364. The van der Waals surface area contributed by atoms with Crippen molar-refractivity contribution < 1.29 is 24.5 Å². The Hall–Kier alpha value is -2.37. The first-order valence-electron chi connectivity index (χ1n) is 9.30. The Morgan fingerprint density at radius 1 is 1.36 bits per heavy atom. The van der Waals surface area contributed by atoms with Crippen LogP contribution in [0.1, 0.15) is 32.1 Å². The Bertz CT molecular complexity index is 766. The number of Topliss-reactive ketones (excluding diaryl/α,β-unsaturated/α-hetero) is 1. The van der Waals surface area contributed by atoms with Gasteiger partial charge >= 0.3 is 5.97 Å². The van der Waals surface area contributed by atoms with Crippen molar-refractivity contribution in [3.05, 3.63) is 65.2 Å². The number of benzene rings is 1. The molecule has 0 saturated heterocycles. The summed E-state index contributed by atoms with van der Waals surface area (Å²) in [6.45, 7) is 0.0895. The fourth-order valence-corrected chi connectivity index (χ4v) is 3.06. The molecule has 0 aromatic heterocycles. The number of allylic oxidation sites excluding steroid dienone is 5. The van der Waals surface area contributed by atoms with Gasteiger partial charge in [0.05, 0.1) is 0 Å². The molecule has 1 aliphatic rings. The number of aliphatic carboxylic acids is 1. The Kier molecular flexibility index (Phi) is 8.98. The van der Waals surface area contributed by atoms with E-state index >= 15 is 0 Å². The zero-order valence-corrected chi connectivity index (χ0v) is 16.3. The van der Waals surface area contributed by atoms with E-state index in [1.807, 2.05) is 18.2 Å². The highest BCUT2D eigenvalue weighted by Crippen LogP contribution is 2.27. The Morgan fingerprint density at radius 3 is 2.93 bits per heavy atom. The lowest BCUT2D eigenvalue weighted by molar-refractivity contribution is -0.137. The predicted molar refractivity (Wildman–Crippen MR) is 109 cm³/mol. The van der Waals surface area contributed by atoms with Crippen LogP contribution in [0, 0.1) is 5.92 Å². The number of carboxylic acids is 1. The minimum Gasteiger partial charge on any atom is -0.491 e. The molecule has 0 spiro atoms. The molecule has 2 rings (SSSR count). The Balaban J connectivity index is 1.79. The number of halogens is 1. The van der Waals surface area contributed by atoms with Gasteiger partial charge in [-0.05, 0) is 43.0 Å². The average molecular weight is 405 g/mol. The van der Waals surface area contributed by atoms with Crippen LogP contribution < -0.4 is 4.74 Å². The van der Waals surface area contributed by atoms with Crippen LogP contribution in [0.15, 0.2) is 60.2 Å². The number of hydrogen-bond donors (Lipinski definition) is 2. The SMILES string of the molecule is O=C(O)CCCC=CC[C@H]1C(=O)CC=C1C=C[C@@H](O)COc1cccc(Cl)c1. The highest BCUT2D eigenvalue weighted by atomic mass is 35.5. The summed E-state index contributed by atoms with van der Waals surface area (Å²) < 4.78 is 5.51. The number of hydrogen-bond acceptors (Lipinski definition) is 4. The summed E-state index contributed by atoms with van der Waals surface area (Å²) in [4.78, 5) is 22.6. The van der Waals surface area contributed by atoms with Crippen LogP contribution in [0.2, 0.25) is 5.02 Å². The second kappa shape index (κ2) is 11.5. The summed E-state index contributed by atoms with van der Waals surface area (Å²) in [5, 5.41) is 19.3. The molecule has 150 valence electrons. The lowest BCUT2D eigenvalue weighted by Crippen LogP contribution is -2.15. The first-order chi connectivity index (χ1) is 13.5. The van der Waals surface area contributed by atoms with Gasteiger partial charge in [0.15, 0.2) is 0 Å². The van der Waals surface area contributed by atoms with Crippen molar-refractivity contribution in [3.8, 4) is 5.75 Å². The van der Waals surface area contributed by atoms with Crippen molar-refractivity contribution in [2.24, 2.45) is 5.92 Å². The number of carbonyl (C=O) groups is 2. The van der Waals surface area contributed by atoms with E-state index in [2.05, 4.69) is 0 Å². The van der Waals surface area contributed by atoms with Gasteiger partial charge in [0, 0.05) is 23.8 Å². The number of aliphatic hydroxyl groups is 1. The molecule has 0 amide bonds. The lowest BCUT2D eigenvalue weighted by atomic mass is 9.95. The zero-order chi connectivity index (χ0) is 20.4. The first-order valence-corrected chi connectivity index (χ1v) is 9.67. The topological polar surface area (TPSA) is 83.8 Å². The first kappa shape index (κ1) is 21.9. The van der Waals surface area contributed by atoms with Gasteiger partial charge in [0.2, 0.25) is 0 Å². The van der Waals surface area contributed by atoms with Crippen molar-refractivity contribution in [2.75, 3.05) is 6.61 Å². The molecule has 0 saturated carbocycles. The van der Waals surface area contributed by atoms with Crippen molar-refractivity contribution in [2.45, 2.75) is 38.2 Å². The number of ketones is 1. The van der Waals surface area contributed by atoms with E-state index in [1.165, 1.54) is 0 Å². The second-order valence-corrected chi connectivity index (χ2v) is 7.05. The van der Waals surface area contributed by atoms with E-state index in [0.717, 1.165) is 5.57 Å². The van der Waals surface area contributed by atoms with Gasteiger partial charge in [0.1, 0.15) is 24.2 Å². The number of carbonyl (C=O) groups excluding carboxylic acids is 1. The molecule has 0 bridgehead atoms. The number of unbranched alkanes of at least 4 members (excludes halogenated alkanes) is 1. The average Bonchev–Trinajstić information content (AvgIpc) is 3.01. The smallest absolute Gasteiger partial charge is 0.303 e. The van der Waals surface area contributed by atoms with Crippen LogP contribution >= 0.6 is 11.6 Å². The minimum absolute atomic E-state index is 0.0895. The molecule has 28 heavy (non-hydrogen) atoms. The maximum absolute atomic E-state index is 12.1. The molecule has 1 aromatic rings. The maximum atomic E-state index is 12.1. The van der Waals surface area contributed by atoms with E-state index in [1.54, 1.807) is 36.4 Å². The summed E-state index contributed by atoms with van der Waals surface area (Å²) in [6.07, 6.45) is 10.7. The van der Waals surface area contributed by atoms with Crippen molar-refractivity contribution in [1.82, 2.24) is 0 Å². The largest absolute Gasteiger partial charge is 0.491 e. The molecule has 0 fully saturated rings. The Morgan fingerprint density at radius 2 is 2.18 bits per heavy atom. The van der Waals surface area contributed by atoms with E-state index in [4.69, 9.17) is 21.4 Å². The molecule has 1 aliphatic carbocycles. The molecular formula is C22H25ClO5. The molecule has 0 unspecified atom stereocenters. The van der Waals surface area contributed by atoms with Crippen molar-refractivity contribution >= 4 is 23.4 Å². The predicted octanol–water partition coefficient (Wildman–Crippen LogP) is 4.35. The van der Waals surface area contributed by atoms with Gasteiger partial charge in [-0.25, -0.2) is 0 Å². The number of carboxylic acid groups (broad SMARTS) is 1. The number of rotatable bonds is 11. The summed E-state index contributed by atoms with van der Waals surface area (Å²) in [6, 6.07) is 6.96. The number of aliphatic hydroxyl groups excluding tert-OH is 1. The van der Waals surface area contributed by atoms with Gasteiger partial charge in [-0.15, -0.1) is 0 Å². The summed E-state index contributed by atoms with van der Waals surface area (Å²) in [5.74, 6) is -0.277. The summed E-state index contributed by atoms with van der Waals surface area (Å²) in [5.41, 5.74) is 0.891. The summed E-state index contributed by atoms with van der Waals surface area (Å²) >= 11 is 5.89. The summed E-state index contributed by atoms with van der Waals surface area (Å²) in [7, 11) is 0. The van der Waals surface area contributed by atoms with Crippen LogP contribution in [0.5, 0.6) is 5.75 Å². The molecule has 6 heteroatoms. The normalized spacial score (nSPS) is 18.0. The van der Waals surface area contributed by atoms with Crippen LogP contribution in [0.3, 0.4) is 0 Å². The van der Waals surface area contributed by atoms with E-state index < -0.39 is 12.1 Å². The molecule has 5 nitrogen and oxygen atoms in total. The van der Waals surface area contributed by atoms with Gasteiger partial charge in [-0.2, -0.15) is 0 Å². The lowest BCUT2D eigenvalue weighted by Gasteiger charge is -2.11. The molecule has 2 N–H and O–H groups in total. The standard InChI is InChI=1S/C22H25ClO5/c23-17-6-5-7-19(14-17)28-15-18(24)12-10-16-11-13-21(25)20(16)8-3-1-2-4-9-22(26)27/h1,3,5-7,10-12,14,18,20,24H,2,4,8-9,13,15H2,(H,26,27)/t18-,20-/m1/s1.